The van der Waals surface area contributed by atoms with Crippen molar-refractivity contribution in [3.05, 3.63) is 125 Å². The third kappa shape index (κ3) is 6.91. The first-order valence-electron chi connectivity index (χ1n) is 11.6. The molecule has 0 aliphatic rings. The minimum atomic E-state index is -4.39. The number of carbonyl (C=O) groups is 1. The van der Waals surface area contributed by atoms with Crippen molar-refractivity contribution in [2.75, 3.05) is 0 Å². The van der Waals surface area contributed by atoms with Crippen LogP contribution < -0.4 is 13.9 Å². The van der Waals surface area contributed by atoms with Gasteiger partial charge in [0.05, 0.1) is 5.41 Å². The van der Waals surface area contributed by atoms with Gasteiger partial charge in [-0.25, -0.2) is 9.36 Å². The molecular weight excluding hydrogens is 545 g/mol. The van der Waals surface area contributed by atoms with E-state index in [1.165, 1.54) is 10.9 Å². The van der Waals surface area contributed by atoms with Gasteiger partial charge in [-0.1, -0.05) is 78.4 Å². The summed E-state index contributed by atoms with van der Waals surface area (Å²) in [6, 6.07) is 28.6. The van der Waals surface area contributed by atoms with Gasteiger partial charge in [0.2, 0.25) is 0 Å². The van der Waals surface area contributed by atoms with Crippen LogP contribution in [0.5, 0.6) is 11.5 Å². The summed E-state index contributed by atoms with van der Waals surface area (Å²) in [6.45, 7) is 3.22. The molecule has 1 unspecified atom stereocenters. The first kappa shape index (κ1) is 27.6. The molecule has 0 radical (unpaired) electrons. The number of carbonyl (C=O) groups excluding carboxylic acids is 1. The lowest BCUT2D eigenvalue weighted by atomic mass is 9.83. The molecule has 4 rings (SSSR count). The fourth-order valence-corrected chi connectivity index (χ4v) is 5.29. The fourth-order valence-electron chi connectivity index (χ4n) is 3.46. The van der Waals surface area contributed by atoms with Crippen molar-refractivity contribution in [1.82, 2.24) is 4.73 Å². The topological polar surface area (TPSA) is 76.0 Å². The molecule has 38 heavy (non-hydrogen) atoms. The maximum atomic E-state index is 14.2. The number of hydrogen-bond donors (Lipinski definition) is 0. The maximum absolute atomic E-state index is 14.2. The SMILES string of the molecule is CC(C)(C(=O)On1ccccc1=S)C(OP(=O)(Oc1ccccc1)Oc1ccccc1)c1ccc(Cl)cc1. The summed E-state index contributed by atoms with van der Waals surface area (Å²) in [7, 11) is -4.39. The van der Waals surface area contributed by atoms with E-state index in [4.69, 9.17) is 42.2 Å². The Morgan fingerprint density at radius 3 is 1.89 bits per heavy atom. The number of nitrogens with zero attached hydrogens (tertiary/aromatic N) is 1. The molecule has 1 heterocycles. The highest BCUT2D eigenvalue weighted by Gasteiger charge is 2.47. The highest BCUT2D eigenvalue weighted by Crippen LogP contribution is 2.56. The molecule has 0 saturated carbocycles. The Labute approximate surface area is 231 Å². The molecule has 10 heteroatoms. The summed E-state index contributed by atoms with van der Waals surface area (Å²) in [4.78, 5) is 19.1. The predicted octanol–water partition coefficient (Wildman–Crippen LogP) is 7.88. The molecule has 7 nitrogen and oxygen atoms in total. The van der Waals surface area contributed by atoms with Crippen LogP contribution in [0, 0.1) is 10.1 Å². The van der Waals surface area contributed by atoms with E-state index in [-0.39, 0.29) is 11.5 Å². The first-order chi connectivity index (χ1) is 18.2. The van der Waals surface area contributed by atoms with Crippen LogP contribution in [0.1, 0.15) is 25.5 Å². The van der Waals surface area contributed by atoms with E-state index >= 15 is 0 Å². The van der Waals surface area contributed by atoms with Crippen molar-refractivity contribution < 1.29 is 27.8 Å². The van der Waals surface area contributed by atoms with Crippen LogP contribution in [0.4, 0.5) is 0 Å². The molecule has 0 aliphatic carbocycles. The van der Waals surface area contributed by atoms with E-state index in [0.717, 1.165) is 0 Å². The number of phosphoric ester groups is 1. The van der Waals surface area contributed by atoms with Crippen molar-refractivity contribution in [1.29, 1.82) is 0 Å². The van der Waals surface area contributed by atoms with Gasteiger partial charge in [-0.3, -0.25) is 4.52 Å². The normalized spacial score (nSPS) is 12.4. The summed E-state index contributed by atoms with van der Waals surface area (Å²) in [5, 5.41) is 0.479. The average molecular weight is 570 g/mol. The average Bonchev–Trinajstić information content (AvgIpc) is 2.90. The molecule has 196 valence electrons. The molecule has 4 aromatic rings. The van der Waals surface area contributed by atoms with Crippen molar-refractivity contribution in [2.45, 2.75) is 20.0 Å². The van der Waals surface area contributed by atoms with Crippen LogP contribution in [0.25, 0.3) is 0 Å². The third-order valence-corrected chi connectivity index (χ3v) is 7.39. The Balaban J connectivity index is 1.74. The molecule has 0 spiro atoms. The van der Waals surface area contributed by atoms with Crippen LogP contribution in [0.15, 0.2) is 109 Å². The fraction of sp³-hybridized carbons (Fsp3) is 0.143. The van der Waals surface area contributed by atoms with Gasteiger partial charge in [0, 0.05) is 11.2 Å². The standard InChI is InChI=1S/C28H25ClNO6PS/c1-28(2,27(31)33-30-20-10-9-15-25(30)38)26(21-16-18-22(29)19-17-21)36-37(32,34-23-11-5-3-6-12-23)35-24-13-7-4-8-14-24/h3-20,26H,1-2H3. The number of aromatic nitrogens is 1. The van der Waals surface area contributed by atoms with Gasteiger partial charge < -0.3 is 13.9 Å². The quantitative estimate of drug-likeness (QED) is 0.142. The largest absolute Gasteiger partial charge is 0.588 e. The van der Waals surface area contributed by atoms with Gasteiger partial charge >= 0.3 is 13.8 Å². The molecular formula is C28H25ClNO6PS. The Bertz CT molecular complexity index is 1430. The smallest absolute Gasteiger partial charge is 0.395 e. The van der Waals surface area contributed by atoms with Crippen molar-refractivity contribution in [3.63, 3.8) is 0 Å². The minimum absolute atomic E-state index is 0.262. The molecule has 0 amide bonds. The van der Waals surface area contributed by atoms with Gasteiger partial charge in [-0.2, -0.15) is 4.73 Å². The lowest BCUT2D eigenvalue weighted by Crippen LogP contribution is -2.39. The van der Waals surface area contributed by atoms with Crippen LogP contribution in [0.2, 0.25) is 5.02 Å². The van der Waals surface area contributed by atoms with E-state index in [1.54, 1.807) is 117 Å². The monoisotopic (exact) mass is 569 g/mol. The van der Waals surface area contributed by atoms with E-state index < -0.39 is 25.3 Å². The van der Waals surface area contributed by atoms with E-state index in [2.05, 4.69) is 0 Å². The second-order valence-electron chi connectivity index (χ2n) is 8.76. The van der Waals surface area contributed by atoms with Crippen LogP contribution in [-0.2, 0) is 13.9 Å². The number of hydrogen-bond acceptors (Lipinski definition) is 7. The summed E-state index contributed by atoms with van der Waals surface area (Å²) in [6.07, 6.45) is 0.375. The highest BCUT2D eigenvalue weighted by atomic mass is 35.5. The van der Waals surface area contributed by atoms with Crippen LogP contribution >= 0.6 is 31.6 Å². The molecule has 1 aromatic heterocycles. The lowest BCUT2D eigenvalue weighted by molar-refractivity contribution is -0.161. The Hall–Kier alpha value is -3.42. The summed E-state index contributed by atoms with van der Waals surface area (Å²) < 4.78 is 33.5. The lowest BCUT2D eigenvalue weighted by Gasteiger charge is -2.33. The van der Waals surface area contributed by atoms with Crippen LogP contribution in [-0.4, -0.2) is 10.7 Å². The maximum Gasteiger partial charge on any atom is 0.588 e. The second-order valence-corrected chi connectivity index (χ2v) is 11.1. The molecule has 3 aromatic carbocycles. The van der Waals surface area contributed by atoms with Gasteiger partial charge in [0.25, 0.3) is 0 Å². The van der Waals surface area contributed by atoms with E-state index in [9.17, 15) is 9.36 Å². The molecule has 0 saturated heterocycles. The molecule has 0 N–H and O–H groups in total. The number of phosphoric acid groups is 1. The Morgan fingerprint density at radius 2 is 1.37 bits per heavy atom. The van der Waals surface area contributed by atoms with Gasteiger partial charge in [-0.05, 0) is 67.9 Å². The zero-order chi connectivity index (χ0) is 27.2. The molecule has 0 bridgehead atoms. The van der Waals surface area contributed by atoms with Gasteiger partial charge in [-0.15, -0.1) is 0 Å². The molecule has 0 fully saturated rings. The predicted molar refractivity (Wildman–Crippen MR) is 148 cm³/mol. The zero-order valence-electron chi connectivity index (χ0n) is 20.6. The highest BCUT2D eigenvalue weighted by molar-refractivity contribution is 7.71. The number of para-hydroxylation sites is 2. The summed E-state index contributed by atoms with van der Waals surface area (Å²) in [5.41, 5.74) is -0.907. The van der Waals surface area contributed by atoms with Crippen molar-refractivity contribution in [3.8, 4) is 11.5 Å². The van der Waals surface area contributed by atoms with Crippen LogP contribution in [0.3, 0.4) is 0 Å². The van der Waals surface area contributed by atoms with E-state index in [0.29, 0.717) is 15.2 Å². The van der Waals surface area contributed by atoms with Crippen molar-refractivity contribution in [2.24, 2.45) is 5.41 Å². The zero-order valence-corrected chi connectivity index (χ0v) is 23.1. The minimum Gasteiger partial charge on any atom is -0.395 e. The van der Waals surface area contributed by atoms with E-state index in [1.807, 2.05) is 0 Å². The van der Waals surface area contributed by atoms with Gasteiger partial charge in [0.1, 0.15) is 22.2 Å². The second kappa shape index (κ2) is 12.0. The summed E-state index contributed by atoms with van der Waals surface area (Å²) >= 11 is 11.4. The number of benzene rings is 3. The third-order valence-electron chi connectivity index (χ3n) is 5.48. The summed E-state index contributed by atoms with van der Waals surface area (Å²) in [5.74, 6) is -0.166. The van der Waals surface area contributed by atoms with Gasteiger partial charge in [0.15, 0.2) is 0 Å². The Kier molecular flexibility index (Phi) is 8.69. The number of rotatable bonds is 10. The first-order valence-corrected chi connectivity index (χ1v) is 13.8. The Morgan fingerprint density at radius 1 is 0.842 bits per heavy atom. The molecule has 0 aliphatic heterocycles. The number of pyridine rings is 1. The van der Waals surface area contributed by atoms with Crippen molar-refractivity contribution >= 4 is 37.6 Å². The number of halogens is 1. The molecule has 1 atom stereocenters.